The SMILES string of the molecule is CCOc1ncccc1-c1cc(NCc2ncn(C)n2)c(NC2COC2)c(C(C)=N)n1. The second kappa shape index (κ2) is 9.09. The van der Waals surface area contributed by atoms with Gasteiger partial charge >= 0.3 is 0 Å². The first-order valence-electron chi connectivity index (χ1n) is 10.2. The van der Waals surface area contributed by atoms with E-state index < -0.39 is 0 Å². The molecule has 31 heavy (non-hydrogen) atoms. The van der Waals surface area contributed by atoms with Crippen LogP contribution in [0, 0.1) is 5.41 Å². The molecule has 1 saturated heterocycles. The van der Waals surface area contributed by atoms with E-state index in [1.807, 2.05) is 32.2 Å². The van der Waals surface area contributed by atoms with Gasteiger partial charge in [0.05, 0.1) is 60.8 Å². The van der Waals surface area contributed by atoms with Gasteiger partial charge in [0.2, 0.25) is 5.88 Å². The molecule has 3 aromatic heterocycles. The van der Waals surface area contributed by atoms with Crippen LogP contribution in [0.5, 0.6) is 5.88 Å². The molecule has 4 heterocycles. The summed E-state index contributed by atoms with van der Waals surface area (Å²) in [6.07, 6.45) is 3.35. The molecule has 0 unspecified atom stereocenters. The van der Waals surface area contributed by atoms with Gasteiger partial charge in [-0.2, -0.15) is 5.10 Å². The van der Waals surface area contributed by atoms with Gasteiger partial charge in [-0.05, 0) is 32.0 Å². The smallest absolute Gasteiger partial charge is 0.222 e. The lowest BCUT2D eigenvalue weighted by atomic mass is 10.1. The maximum absolute atomic E-state index is 8.35. The van der Waals surface area contributed by atoms with Crippen LogP contribution in [0.3, 0.4) is 0 Å². The lowest BCUT2D eigenvalue weighted by Crippen LogP contribution is -2.40. The van der Waals surface area contributed by atoms with Crippen molar-refractivity contribution in [2.24, 2.45) is 7.05 Å². The Morgan fingerprint density at radius 3 is 2.84 bits per heavy atom. The maximum atomic E-state index is 8.35. The molecule has 0 spiro atoms. The van der Waals surface area contributed by atoms with Crippen LogP contribution < -0.4 is 15.4 Å². The first kappa shape index (κ1) is 20.7. The van der Waals surface area contributed by atoms with Gasteiger partial charge in [-0.3, -0.25) is 4.68 Å². The van der Waals surface area contributed by atoms with Crippen molar-refractivity contribution in [3.63, 3.8) is 0 Å². The third-order valence-electron chi connectivity index (χ3n) is 4.77. The highest BCUT2D eigenvalue weighted by Gasteiger charge is 2.24. The number of anilines is 2. The maximum Gasteiger partial charge on any atom is 0.222 e. The molecule has 10 heteroatoms. The summed E-state index contributed by atoms with van der Waals surface area (Å²) >= 11 is 0. The van der Waals surface area contributed by atoms with Crippen molar-refractivity contribution in [1.82, 2.24) is 24.7 Å². The standard InChI is InChI=1S/C21H26N8O2/c1-4-31-21-15(6-5-7-23-21)16-8-17(24-9-18-25-12-29(3)28-18)20(19(27-16)13(2)22)26-14-10-30-11-14/h5-8,12,14,22,26H,4,9-11H2,1-3H3,(H,24,27). The molecule has 0 bridgehead atoms. The molecule has 0 saturated carbocycles. The van der Waals surface area contributed by atoms with Crippen molar-refractivity contribution >= 4 is 17.1 Å². The van der Waals surface area contributed by atoms with Gasteiger partial charge in [-0.15, -0.1) is 0 Å². The highest BCUT2D eigenvalue weighted by Crippen LogP contribution is 2.35. The van der Waals surface area contributed by atoms with Crippen molar-refractivity contribution in [1.29, 1.82) is 5.41 Å². The Morgan fingerprint density at radius 2 is 2.19 bits per heavy atom. The molecule has 0 atom stereocenters. The van der Waals surface area contributed by atoms with Gasteiger partial charge in [-0.1, -0.05) is 0 Å². The predicted molar refractivity (Wildman–Crippen MR) is 118 cm³/mol. The summed E-state index contributed by atoms with van der Waals surface area (Å²) in [5, 5.41) is 19.6. The number of aryl methyl sites for hydroxylation is 1. The largest absolute Gasteiger partial charge is 0.477 e. The van der Waals surface area contributed by atoms with Crippen molar-refractivity contribution < 1.29 is 9.47 Å². The summed E-state index contributed by atoms with van der Waals surface area (Å²) in [6, 6.07) is 5.88. The fourth-order valence-electron chi connectivity index (χ4n) is 3.24. The summed E-state index contributed by atoms with van der Waals surface area (Å²) in [6.45, 7) is 5.82. The molecule has 10 nitrogen and oxygen atoms in total. The fourth-order valence-corrected chi connectivity index (χ4v) is 3.24. The van der Waals surface area contributed by atoms with E-state index in [-0.39, 0.29) is 6.04 Å². The Morgan fingerprint density at radius 1 is 1.35 bits per heavy atom. The zero-order chi connectivity index (χ0) is 21.8. The Bertz CT molecular complexity index is 1080. The van der Waals surface area contributed by atoms with E-state index >= 15 is 0 Å². The third-order valence-corrected chi connectivity index (χ3v) is 4.77. The number of nitrogens with zero attached hydrogens (tertiary/aromatic N) is 5. The molecular formula is C21H26N8O2. The van der Waals surface area contributed by atoms with Gasteiger partial charge < -0.3 is 25.5 Å². The molecule has 4 rings (SSSR count). The topological polar surface area (TPSA) is 123 Å². The number of hydrogen-bond donors (Lipinski definition) is 3. The van der Waals surface area contributed by atoms with Gasteiger partial charge in [0, 0.05) is 13.2 Å². The summed E-state index contributed by atoms with van der Waals surface area (Å²) in [5.41, 5.74) is 3.92. The van der Waals surface area contributed by atoms with Crippen LogP contribution in [-0.2, 0) is 18.3 Å². The van der Waals surface area contributed by atoms with E-state index in [4.69, 9.17) is 19.9 Å². The van der Waals surface area contributed by atoms with Crippen molar-refractivity contribution in [3.05, 3.63) is 42.2 Å². The van der Waals surface area contributed by atoms with Crippen LogP contribution in [-0.4, -0.2) is 56.3 Å². The Balaban J connectivity index is 1.77. The zero-order valence-electron chi connectivity index (χ0n) is 17.8. The van der Waals surface area contributed by atoms with Crippen molar-refractivity contribution in [2.75, 3.05) is 30.5 Å². The van der Waals surface area contributed by atoms with Crippen molar-refractivity contribution in [2.45, 2.75) is 26.4 Å². The molecule has 3 N–H and O–H groups in total. The average Bonchev–Trinajstić information content (AvgIpc) is 3.15. The Kier molecular flexibility index (Phi) is 6.08. The number of aromatic nitrogens is 5. The Hall–Kier alpha value is -3.53. The molecule has 162 valence electrons. The van der Waals surface area contributed by atoms with Gasteiger partial charge in [0.25, 0.3) is 0 Å². The number of ether oxygens (including phenoxy) is 2. The van der Waals surface area contributed by atoms with Crippen molar-refractivity contribution in [3.8, 4) is 17.1 Å². The molecule has 0 aromatic carbocycles. The molecule has 3 aromatic rings. The number of nitrogens with one attached hydrogen (secondary N) is 3. The second-order valence-electron chi connectivity index (χ2n) is 7.26. The fraction of sp³-hybridized carbons (Fsp3) is 0.381. The molecule has 0 amide bonds. The summed E-state index contributed by atoms with van der Waals surface area (Å²) in [7, 11) is 1.83. The van der Waals surface area contributed by atoms with Gasteiger partial charge in [-0.25, -0.2) is 15.0 Å². The lowest BCUT2D eigenvalue weighted by Gasteiger charge is -2.30. The van der Waals surface area contributed by atoms with Gasteiger partial charge in [0.15, 0.2) is 5.82 Å². The first-order valence-corrected chi connectivity index (χ1v) is 10.2. The predicted octanol–water partition coefficient (Wildman–Crippen LogP) is 2.48. The lowest BCUT2D eigenvalue weighted by molar-refractivity contribution is 0.0211. The number of hydrogen-bond acceptors (Lipinski definition) is 9. The molecule has 0 aliphatic carbocycles. The summed E-state index contributed by atoms with van der Waals surface area (Å²) in [4.78, 5) is 13.4. The van der Waals surface area contributed by atoms with Crippen LogP contribution in [0.15, 0.2) is 30.7 Å². The van der Waals surface area contributed by atoms with Crippen LogP contribution in [0.1, 0.15) is 25.4 Å². The Labute approximate surface area is 180 Å². The monoisotopic (exact) mass is 422 g/mol. The van der Waals surface area contributed by atoms with Gasteiger partial charge in [0.1, 0.15) is 12.0 Å². The highest BCUT2D eigenvalue weighted by atomic mass is 16.5. The zero-order valence-corrected chi connectivity index (χ0v) is 17.8. The van der Waals surface area contributed by atoms with Crippen LogP contribution in [0.25, 0.3) is 11.3 Å². The minimum absolute atomic E-state index is 0.177. The molecule has 1 fully saturated rings. The quantitative estimate of drug-likeness (QED) is 0.450. The summed E-state index contributed by atoms with van der Waals surface area (Å²) < 4.78 is 12.7. The van der Waals surface area contributed by atoms with E-state index in [2.05, 4.69) is 25.7 Å². The summed E-state index contributed by atoms with van der Waals surface area (Å²) in [5.74, 6) is 1.18. The van der Waals surface area contributed by atoms with E-state index in [0.717, 1.165) is 16.9 Å². The van der Waals surface area contributed by atoms with Crippen LogP contribution >= 0.6 is 0 Å². The molecule has 0 radical (unpaired) electrons. The van der Waals surface area contributed by atoms with Crippen LogP contribution in [0.4, 0.5) is 11.4 Å². The third kappa shape index (κ3) is 4.64. The first-order chi connectivity index (χ1) is 15.0. The number of pyridine rings is 2. The molecular weight excluding hydrogens is 396 g/mol. The average molecular weight is 422 g/mol. The minimum Gasteiger partial charge on any atom is -0.477 e. The van der Waals surface area contributed by atoms with E-state index in [1.165, 1.54) is 0 Å². The van der Waals surface area contributed by atoms with Crippen LogP contribution in [0.2, 0.25) is 0 Å². The minimum atomic E-state index is 0.177. The highest BCUT2D eigenvalue weighted by molar-refractivity contribution is 6.03. The van der Waals surface area contributed by atoms with E-state index in [0.29, 0.717) is 55.2 Å². The van der Waals surface area contributed by atoms with E-state index in [1.54, 1.807) is 24.1 Å². The normalized spacial score (nSPS) is 13.5. The van der Waals surface area contributed by atoms with E-state index in [9.17, 15) is 0 Å². The molecule has 1 aliphatic rings. The second-order valence-corrected chi connectivity index (χ2v) is 7.26. The number of rotatable bonds is 9. The molecule has 1 aliphatic heterocycles.